The number of nitrogens with one attached hydrogen (secondary N) is 2. The Morgan fingerprint density at radius 1 is 0.864 bits per heavy atom. The summed E-state index contributed by atoms with van der Waals surface area (Å²) >= 11 is 0. The number of rotatable bonds is 18. The maximum Gasteiger partial charge on any atom is 0.296 e. The molecule has 340 valence electrons. The van der Waals surface area contributed by atoms with Gasteiger partial charge >= 0.3 is 0 Å². The molecule has 66 heavy (non-hydrogen) atoms. The first-order valence-electron chi connectivity index (χ1n) is 20.7. The van der Waals surface area contributed by atoms with Gasteiger partial charge in [-0.25, -0.2) is 0 Å². The molecule has 5 aromatic carbocycles. The molecule has 3 amide bonds. The van der Waals surface area contributed by atoms with Crippen LogP contribution in [0.25, 0.3) is 0 Å². The molecule has 5 aromatic rings. The van der Waals surface area contributed by atoms with E-state index in [0.717, 1.165) is 22.4 Å². The van der Waals surface area contributed by atoms with Gasteiger partial charge in [0.1, 0.15) is 11.4 Å². The number of carbonyl (C=O) groups excluding carboxylic acids is 3. The fourth-order valence-corrected chi connectivity index (χ4v) is 7.50. The average molecular weight is 914 g/mol. The van der Waals surface area contributed by atoms with Gasteiger partial charge in [0.05, 0.1) is 35.6 Å². The second kappa shape index (κ2) is 21.7. The molecule has 0 aliphatic carbocycles. The normalized spacial score (nSPS) is 12.5. The summed E-state index contributed by atoms with van der Waals surface area (Å²) in [4.78, 5) is 53.7. The minimum atomic E-state index is -4.92. The van der Waals surface area contributed by atoms with Crippen molar-refractivity contribution >= 4 is 67.7 Å². The molecule has 1 heterocycles. The van der Waals surface area contributed by atoms with Gasteiger partial charge in [-0.15, -0.1) is 15.3 Å². The molecule has 0 fully saturated rings. The molecule has 1 unspecified atom stereocenters. The summed E-state index contributed by atoms with van der Waals surface area (Å²) in [5, 5.41) is 31.4. The van der Waals surface area contributed by atoms with Crippen molar-refractivity contribution in [3.63, 3.8) is 0 Å². The van der Waals surface area contributed by atoms with Gasteiger partial charge in [0.15, 0.2) is 10.9 Å². The highest BCUT2D eigenvalue weighted by atomic mass is 32.2. The van der Waals surface area contributed by atoms with E-state index in [4.69, 9.17) is 4.74 Å². The van der Waals surface area contributed by atoms with Crippen molar-refractivity contribution in [3.05, 3.63) is 141 Å². The number of azo groups is 2. The number of fused-ring (bicyclic) bond motifs is 2. The zero-order chi connectivity index (χ0) is 47.4. The van der Waals surface area contributed by atoms with E-state index in [1.54, 1.807) is 61.2 Å². The molecule has 19 heteroatoms. The van der Waals surface area contributed by atoms with Crippen LogP contribution < -0.4 is 25.2 Å². The lowest BCUT2D eigenvalue weighted by atomic mass is 10.0. The quantitative estimate of drug-likeness (QED) is 0.0251. The summed E-state index contributed by atoms with van der Waals surface area (Å²) in [6.45, 7) is 3.35. The molecule has 1 aliphatic heterocycles. The van der Waals surface area contributed by atoms with Crippen molar-refractivity contribution in [3.8, 4) is 17.6 Å². The molecule has 0 bridgehead atoms. The highest BCUT2D eigenvalue weighted by molar-refractivity contribution is 7.87. The number of para-hydroxylation sites is 1. The molecule has 1 aliphatic rings. The van der Waals surface area contributed by atoms with Gasteiger partial charge in [0, 0.05) is 68.5 Å². The number of carbonyl (C=O) groups is 3. The van der Waals surface area contributed by atoms with Crippen LogP contribution in [0, 0.1) is 35.8 Å². The van der Waals surface area contributed by atoms with Crippen molar-refractivity contribution in [2.75, 3.05) is 43.6 Å². The van der Waals surface area contributed by atoms with E-state index in [2.05, 4.69) is 42.9 Å². The monoisotopic (exact) mass is 913 g/mol. The van der Waals surface area contributed by atoms with Crippen LogP contribution in [0.2, 0.25) is 0 Å². The number of hydrogen-bond acceptors (Lipinski definition) is 13. The molecule has 0 spiro atoms. The second-order valence-corrected chi connectivity index (χ2v) is 16.9. The Labute approximate surface area is 381 Å². The van der Waals surface area contributed by atoms with E-state index in [0.29, 0.717) is 52.6 Å². The van der Waals surface area contributed by atoms with Gasteiger partial charge in [0.25, 0.3) is 15.8 Å². The molecule has 18 nitrogen and oxygen atoms in total. The summed E-state index contributed by atoms with van der Waals surface area (Å²) in [6, 6.07) is 29.9. The number of amides is 3. The van der Waals surface area contributed by atoms with E-state index >= 15 is 0 Å². The van der Waals surface area contributed by atoms with Crippen molar-refractivity contribution in [2.45, 2.75) is 44.9 Å². The maximum absolute atomic E-state index is 13.5. The van der Waals surface area contributed by atoms with Crippen molar-refractivity contribution < 1.29 is 37.0 Å². The molecule has 6 rings (SSSR count). The number of nitro groups is 1. The van der Waals surface area contributed by atoms with Gasteiger partial charge in [-0.3, -0.25) is 29.1 Å². The Balaban J connectivity index is 0.962. The van der Waals surface area contributed by atoms with E-state index < -0.39 is 38.7 Å². The Hall–Kier alpha value is -7.82. The smallest absolute Gasteiger partial charge is 0.296 e. The van der Waals surface area contributed by atoms with Crippen LogP contribution in [0.5, 0.6) is 5.75 Å². The zero-order valence-electron chi connectivity index (χ0n) is 36.6. The Morgan fingerprint density at radius 2 is 1.55 bits per heavy atom. The van der Waals surface area contributed by atoms with E-state index in [-0.39, 0.29) is 43.2 Å². The summed E-state index contributed by atoms with van der Waals surface area (Å²) in [6.07, 6.45) is 0.206. The number of anilines is 2. The van der Waals surface area contributed by atoms with Gasteiger partial charge in [-0.1, -0.05) is 48.2 Å². The summed E-state index contributed by atoms with van der Waals surface area (Å²) < 4.78 is 39.8. The largest absolute Gasteiger partial charge is 0.494 e. The Bertz CT molecular complexity index is 2880. The lowest BCUT2D eigenvalue weighted by Crippen LogP contribution is -2.47. The molecular formula is C47H47N9O9S. The highest BCUT2D eigenvalue weighted by Crippen LogP contribution is 2.38. The summed E-state index contributed by atoms with van der Waals surface area (Å²) in [7, 11) is -1.61. The van der Waals surface area contributed by atoms with Crippen LogP contribution in [-0.4, -0.2) is 74.7 Å². The van der Waals surface area contributed by atoms with Crippen LogP contribution in [0.4, 0.5) is 39.8 Å². The summed E-state index contributed by atoms with van der Waals surface area (Å²) in [5.74, 6) is 4.72. The standard InChI is InChI=1S/C47H47N9O9S/c1-31-15-22-38(42(26-31)56(60)61)51-52-39-28-43(65-4)40(27-32(39)2)53-50-36-18-20-37(21-19-36)54(3)25-9-14-45(57)49-29-44(66(62,63)64)47(59)48-24-23-46(58)55-30-35-12-6-5-10-33(35)16-17-34-11-7-8-13-41(34)55/h5-8,10-13,15,18-22,26-28,44H,9,14,23-25,29-30H2,1-4H3,(H,48,59)(H,49,57)(H,62,63,64). The number of methoxy groups -OCH3 is 1. The number of aryl methyl sites for hydroxylation is 2. The van der Waals surface area contributed by atoms with Crippen LogP contribution >= 0.6 is 0 Å². The first-order chi connectivity index (χ1) is 31.6. The molecule has 0 saturated carbocycles. The van der Waals surface area contributed by atoms with Crippen LogP contribution in [0.1, 0.15) is 47.1 Å². The third-order valence-electron chi connectivity index (χ3n) is 10.5. The Morgan fingerprint density at radius 3 is 2.27 bits per heavy atom. The van der Waals surface area contributed by atoms with E-state index in [1.807, 2.05) is 60.5 Å². The molecule has 0 radical (unpaired) electrons. The van der Waals surface area contributed by atoms with Gasteiger partial charge < -0.3 is 25.2 Å². The molecular weight excluding hydrogens is 867 g/mol. The number of nitro benzene ring substituents is 1. The minimum Gasteiger partial charge on any atom is -0.494 e. The summed E-state index contributed by atoms with van der Waals surface area (Å²) in [5.41, 5.74) is 6.52. The van der Waals surface area contributed by atoms with Gasteiger partial charge in [0.2, 0.25) is 17.7 Å². The second-order valence-electron chi connectivity index (χ2n) is 15.3. The number of ether oxygens (including phenoxy) is 1. The van der Waals surface area contributed by atoms with Gasteiger partial charge in [-0.2, -0.15) is 13.5 Å². The number of hydrogen-bond donors (Lipinski definition) is 3. The first-order valence-corrected chi connectivity index (χ1v) is 22.2. The van der Waals surface area contributed by atoms with Crippen molar-refractivity contribution in [2.24, 2.45) is 20.5 Å². The highest BCUT2D eigenvalue weighted by Gasteiger charge is 2.32. The molecule has 3 N–H and O–H groups in total. The minimum absolute atomic E-state index is 0.00303. The van der Waals surface area contributed by atoms with E-state index in [9.17, 15) is 37.5 Å². The lowest BCUT2D eigenvalue weighted by molar-refractivity contribution is -0.384. The average Bonchev–Trinajstić information content (AvgIpc) is 3.28. The predicted molar refractivity (Wildman–Crippen MR) is 249 cm³/mol. The van der Waals surface area contributed by atoms with Crippen LogP contribution in [0.15, 0.2) is 124 Å². The Kier molecular flexibility index (Phi) is 15.7. The van der Waals surface area contributed by atoms with E-state index in [1.165, 1.54) is 19.2 Å². The maximum atomic E-state index is 13.5. The van der Waals surface area contributed by atoms with Crippen molar-refractivity contribution in [1.29, 1.82) is 0 Å². The topological polar surface area (TPSA) is 238 Å². The fraction of sp³-hybridized carbons (Fsp3) is 0.255. The third kappa shape index (κ3) is 12.5. The fourth-order valence-electron chi connectivity index (χ4n) is 6.85. The van der Waals surface area contributed by atoms with Crippen molar-refractivity contribution in [1.82, 2.24) is 10.6 Å². The molecule has 1 atom stereocenters. The SMILES string of the molecule is COc1cc(N=Nc2ccc(C)cc2[N+](=O)[O-])c(C)cc1N=Nc1ccc(N(C)CCCC(=O)NCC(C(=O)NCCC(=O)N2Cc3ccccc3C#Cc3ccccc32)S(=O)(=O)O)cc1. The lowest BCUT2D eigenvalue weighted by Gasteiger charge is -2.26. The van der Waals surface area contributed by atoms with Gasteiger partial charge in [-0.05, 0) is 91.6 Å². The zero-order valence-corrected chi connectivity index (χ0v) is 37.4. The van der Waals surface area contributed by atoms with Crippen LogP contribution in [-0.2, 0) is 31.0 Å². The van der Waals surface area contributed by atoms with Crippen LogP contribution in [0.3, 0.4) is 0 Å². The first kappa shape index (κ1) is 47.7. The molecule has 0 aromatic heterocycles. The molecule has 0 saturated heterocycles. The number of benzene rings is 5. The third-order valence-corrected chi connectivity index (χ3v) is 11.6. The predicted octanol–water partition coefficient (Wildman–Crippen LogP) is 8.09. The number of nitrogens with zero attached hydrogens (tertiary/aromatic N) is 7.